The lowest BCUT2D eigenvalue weighted by molar-refractivity contribution is -0.139. The molecular formula is C10H9NO4S. The zero-order valence-electron chi connectivity index (χ0n) is 8.30. The van der Waals surface area contributed by atoms with Gasteiger partial charge in [-0.2, -0.15) is 0 Å². The predicted octanol–water partition coefficient (Wildman–Crippen LogP) is 1.10. The van der Waals surface area contributed by atoms with Crippen molar-refractivity contribution in [3.05, 3.63) is 21.9 Å². The highest BCUT2D eigenvalue weighted by Crippen LogP contribution is 2.22. The van der Waals surface area contributed by atoms with Gasteiger partial charge in [0, 0.05) is 12.8 Å². The molecule has 1 aliphatic rings. The molecular weight excluding hydrogens is 230 g/mol. The van der Waals surface area contributed by atoms with Gasteiger partial charge in [-0.05, 0) is 17.0 Å². The fraction of sp³-hybridized carbons (Fsp3) is 0.300. The molecule has 84 valence electrons. The molecule has 5 nitrogen and oxygen atoms in total. The monoisotopic (exact) mass is 239 g/mol. The van der Waals surface area contributed by atoms with Crippen molar-refractivity contribution >= 4 is 29.1 Å². The number of carboxylic acid groups (broad SMARTS) is 1. The van der Waals surface area contributed by atoms with Gasteiger partial charge in [-0.15, -0.1) is 11.3 Å². The van der Waals surface area contributed by atoms with E-state index in [2.05, 4.69) is 0 Å². The molecule has 6 heteroatoms. The molecule has 2 amide bonds. The normalized spacial score (nSPS) is 15.9. The first-order valence-corrected chi connectivity index (χ1v) is 5.60. The van der Waals surface area contributed by atoms with E-state index in [0.717, 1.165) is 16.2 Å². The summed E-state index contributed by atoms with van der Waals surface area (Å²) in [5.74, 6) is -1.48. The van der Waals surface area contributed by atoms with Crippen LogP contribution in [0.15, 0.2) is 11.4 Å². The summed E-state index contributed by atoms with van der Waals surface area (Å²) in [5, 5.41) is 10.5. The smallest absolute Gasteiger partial charge is 0.346 e. The predicted molar refractivity (Wildman–Crippen MR) is 56.1 cm³/mol. The van der Waals surface area contributed by atoms with Gasteiger partial charge in [0.15, 0.2) is 0 Å². The fourth-order valence-corrected chi connectivity index (χ4v) is 2.37. The molecule has 1 aromatic rings. The Bertz CT molecular complexity index is 449. The Morgan fingerprint density at radius 3 is 2.56 bits per heavy atom. The fourth-order valence-electron chi connectivity index (χ4n) is 1.62. The van der Waals surface area contributed by atoms with E-state index >= 15 is 0 Å². The third kappa shape index (κ3) is 1.83. The highest BCUT2D eigenvalue weighted by atomic mass is 32.1. The van der Waals surface area contributed by atoms with Gasteiger partial charge < -0.3 is 5.11 Å². The lowest BCUT2D eigenvalue weighted by atomic mass is 10.2. The summed E-state index contributed by atoms with van der Waals surface area (Å²) in [4.78, 5) is 34.9. The highest BCUT2D eigenvalue weighted by Gasteiger charge is 2.30. The van der Waals surface area contributed by atoms with Crippen LogP contribution in [0.5, 0.6) is 0 Å². The molecule has 1 aromatic heterocycles. The molecule has 16 heavy (non-hydrogen) atoms. The second-order valence-corrected chi connectivity index (χ2v) is 4.37. The molecule has 0 atom stereocenters. The highest BCUT2D eigenvalue weighted by molar-refractivity contribution is 7.12. The van der Waals surface area contributed by atoms with Crippen LogP contribution < -0.4 is 0 Å². The number of imide groups is 1. The van der Waals surface area contributed by atoms with Crippen molar-refractivity contribution in [2.45, 2.75) is 19.4 Å². The van der Waals surface area contributed by atoms with Crippen LogP contribution in [0.1, 0.15) is 28.1 Å². The molecule has 0 aromatic carbocycles. The number of aromatic carboxylic acids is 1. The van der Waals surface area contributed by atoms with Crippen LogP contribution in [0, 0.1) is 0 Å². The largest absolute Gasteiger partial charge is 0.477 e. The lowest BCUT2D eigenvalue weighted by Gasteiger charge is -2.12. The topological polar surface area (TPSA) is 74.7 Å². The van der Waals surface area contributed by atoms with Crippen molar-refractivity contribution in [2.75, 3.05) is 0 Å². The minimum Gasteiger partial charge on any atom is -0.477 e. The van der Waals surface area contributed by atoms with Crippen molar-refractivity contribution in [2.24, 2.45) is 0 Å². The molecule has 0 spiro atoms. The first kappa shape index (κ1) is 10.8. The van der Waals surface area contributed by atoms with E-state index in [-0.39, 0.29) is 36.1 Å². The summed E-state index contributed by atoms with van der Waals surface area (Å²) < 4.78 is 0. The maximum absolute atomic E-state index is 11.4. The van der Waals surface area contributed by atoms with Crippen LogP contribution in [0.25, 0.3) is 0 Å². The van der Waals surface area contributed by atoms with Gasteiger partial charge in [0.25, 0.3) is 0 Å². The number of likely N-dealkylation sites (tertiary alicyclic amines) is 1. The average molecular weight is 239 g/mol. The van der Waals surface area contributed by atoms with Gasteiger partial charge in [-0.3, -0.25) is 14.5 Å². The van der Waals surface area contributed by atoms with Crippen LogP contribution in [-0.2, 0) is 16.1 Å². The Morgan fingerprint density at radius 1 is 1.38 bits per heavy atom. The SMILES string of the molecule is O=C(O)c1sccc1CN1C(=O)CCC1=O. The molecule has 0 radical (unpaired) electrons. The Morgan fingerprint density at radius 2 is 2.00 bits per heavy atom. The molecule has 1 fully saturated rings. The number of hydrogen-bond donors (Lipinski definition) is 1. The van der Waals surface area contributed by atoms with Gasteiger partial charge >= 0.3 is 5.97 Å². The van der Waals surface area contributed by atoms with Crippen molar-refractivity contribution in [3.63, 3.8) is 0 Å². The summed E-state index contributed by atoms with van der Waals surface area (Å²) >= 11 is 1.09. The van der Waals surface area contributed by atoms with Gasteiger partial charge in [0.05, 0.1) is 6.54 Å². The summed E-state index contributed by atoms with van der Waals surface area (Å²) in [6.07, 6.45) is 0.455. The molecule has 0 aliphatic carbocycles. The Hall–Kier alpha value is -1.69. The summed E-state index contributed by atoms with van der Waals surface area (Å²) in [7, 11) is 0. The number of rotatable bonds is 3. The lowest BCUT2D eigenvalue weighted by Crippen LogP contribution is -2.28. The Balaban J connectivity index is 2.20. The minimum absolute atomic E-state index is 0.0722. The van der Waals surface area contributed by atoms with Crippen molar-refractivity contribution in [3.8, 4) is 0 Å². The third-order valence-corrected chi connectivity index (χ3v) is 3.37. The Labute approximate surface area is 95.3 Å². The second-order valence-electron chi connectivity index (χ2n) is 3.45. The molecule has 1 aliphatic heterocycles. The molecule has 0 saturated carbocycles. The van der Waals surface area contributed by atoms with E-state index in [1.807, 2.05) is 0 Å². The first-order chi connectivity index (χ1) is 7.59. The van der Waals surface area contributed by atoms with Crippen LogP contribution >= 0.6 is 11.3 Å². The van der Waals surface area contributed by atoms with E-state index in [0.29, 0.717) is 5.56 Å². The molecule has 0 unspecified atom stereocenters. The van der Waals surface area contributed by atoms with Crippen LogP contribution in [0.2, 0.25) is 0 Å². The van der Waals surface area contributed by atoms with E-state index in [1.165, 1.54) is 0 Å². The van der Waals surface area contributed by atoms with Crippen LogP contribution in [0.4, 0.5) is 0 Å². The molecule has 1 saturated heterocycles. The average Bonchev–Trinajstić information content (AvgIpc) is 2.80. The maximum Gasteiger partial charge on any atom is 0.346 e. The third-order valence-electron chi connectivity index (χ3n) is 2.42. The van der Waals surface area contributed by atoms with Crippen LogP contribution in [0.3, 0.4) is 0 Å². The van der Waals surface area contributed by atoms with E-state index in [9.17, 15) is 14.4 Å². The molecule has 2 heterocycles. The maximum atomic E-state index is 11.4. The number of nitrogens with zero attached hydrogens (tertiary/aromatic N) is 1. The zero-order chi connectivity index (χ0) is 11.7. The summed E-state index contributed by atoms with van der Waals surface area (Å²) in [6.45, 7) is 0.0722. The van der Waals surface area contributed by atoms with Gasteiger partial charge in [0.2, 0.25) is 11.8 Å². The number of carbonyl (C=O) groups is 3. The number of hydrogen-bond acceptors (Lipinski definition) is 4. The van der Waals surface area contributed by atoms with Crippen molar-refractivity contribution in [1.82, 2.24) is 4.90 Å². The van der Waals surface area contributed by atoms with Gasteiger partial charge in [-0.25, -0.2) is 4.79 Å². The standard InChI is InChI=1S/C10H9NO4S/c12-7-1-2-8(13)11(7)5-6-3-4-16-9(6)10(14)15/h3-4H,1-2,5H2,(H,14,15). The number of amides is 2. The van der Waals surface area contributed by atoms with Crippen molar-refractivity contribution < 1.29 is 19.5 Å². The summed E-state index contributed by atoms with van der Waals surface area (Å²) in [5.41, 5.74) is 0.515. The number of thiophene rings is 1. The molecule has 1 N–H and O–H groups in total. The molecule has 2 rings (SSSR count). The minimum atomic E-state index is -1.02. The number of carboxylic acids is 1. The van der Waals surface area contributed by atoms with Crippen molar-refractivity contribution in [1.29, 1.82) is 0 Å². The van der Waals surface area contributed by atoms with Crippen LogP contribution in [-0.4, -0.2) is 27.8 Å². The number of carbonyl (C=O) groups excluding carboxylic acids is 2. The van der Waals surface area contributed by atoms with Gasteiger partial charge in [-0.1, -0.05) is 0 Å². The zero-order valence-corrected chi connectivity index (χ0v) is 9.12. The quantitative estimate of drug-likeness (QED) is 0.801. The van der Waals surface area contributed by atoms with E-state index in [4.69, 9.17) is 5.11 Å². The first-order valence-electron chi connectivity index (χ1n) is 4.72. The summed E-state index contributed by atoms with van der Waals surface area (Å²) in [6, 6.07) is 1.63. The molecule has 0 bridgehead atoms. The van der Waals surface area contributed by atoms with E-state index < -0.39 is 5.97 Å². The van der Waals surface area contributed by atoms with E-state index in [1.54, 1.807) is 11.4 Å². The second kappa shape index (κ2) is 4.05. The Kier molecular flexibility index (Phi) is 2.74. The van der Waals surface area contributed by atoms with Gasteiger partial charge in [0.1, 0.15) is 4.88 Å².